The summed E-state index contributed by atoms with van der Waals surface area (Å²) in [6, 6.07) is 13.8. The zero-order valence-corrected chi connectivity index (χ0v) is 13.6. The molecule has 3 aromatic rings. The molecule has 2 aromatic carbocycles. The molecule has 118 valence electrons. The van der Waals surface area contributed by atoms with Gasteiger partial charge in [-0.05, 0) is 35.9 Å². The molecule has 1 heterocycles. The van der Waals surface area contributed by atoms with Crippen LogP contribution in [0.15, 0.2) is 42.5 Å². The molecule has 0 unspecified atom stereocenters. The number of anilines is 1. The van der Waals surface area contributed by atoms with Gasteiger partial charge in [0.25, 0.3) is 0 Å². The normalized spacial score (nSPS) is 11.2. The Bertz CT molecular complexity index is 812. The molecule has 3 nitrogen and oxygen atoms in total. The van der Waals surface area contributed by atoms with Crippen LogP contribution in [0.1, 0.15) is 10.6 Å². The summed E-state index contributed by atoms with van der Waals surface area (Å²) in [4.78, 5) is 4.58. The predicted octanol–water partition coefficient (Wildman–Crippen LogP) is 4.86. The van der Waals surface area contributed by atoms with E-state index in [4.69, 9.17) is 4.74 Å². The number of hydrogen-bond acceptors (Lipinski definition) is 4. The Kier molecular flexibility index (Phi) is 4.88. The van der Waals surface area contributed by atoms with Crippen molar-refractivity contribution in [3.05, 3.63) is 53.0 Å². The molecule has 0 aliphatic rings. The highest BCUT2D eigenvalue weighted by Crippen LogP contribution is 2.27. The number of rotatable bonds is 6. The lowest BCUT2D eigenvalue weighted by molar-refractivity contribution is 0.273. The number of thiazole rings is 1. The Morgan fingerprint density at radius 1 is 1.17 bits per heavy atom. The molecular weight excluding hydrogens is 311 g/mol. The lowest BCUT2D eigenvalue weighted by atomic mass is 10.2. The van der Waals surface area contributed by atoms with E-state index in [2.05, 4.69) is 22.4 Å². The van der Waals surface area contributed by atoms with E-state index in [1.807, 2.05) is 49.5 Å². The van der Waals surface area contributed by atoms with E-state index in [0.717, 1.165) is 26.5 Å². The van der Waals surface area contributed by atoms with Crippen LogP contribution in [-0.2, 0) is 0 Å². The SMILES string of the molecule is CNc1ccc(/C=C/c2nc3cc(OCCF)ccc3s2)cc1. The van der Waals surface area contributed by atoms with Crippen molar-refractivity contribution in [3.63, 3.8) is 0 Å². The minimum absolute atomic E-state index is 0.0744. The van der Waals surface area contributed by atoms with E-state index in [1.54, 1.807) is 11.3 Å². The zero-order chi connectivity index (χ0) is 16.1. The molecular formula is C18H17FN2OS. The third-order valence-corrected chi connectivity index (χ3v) is 4.34. The molecule has 0 amide bonds. The molecule has 0 saturated heterocycles. The molecule has 0 aliphatic carbocycles. The number of nitrogens with one attached hydrogen (secondary N) is 1. The van der Waals surface area contributed by atoms with Gasteiger partial charge in [-0.1, -0.05) is 18.2 Å². The number of alkyl halides is 1. The van der Waals surface area contributed by atoms with Gasteiger partial charge >= 0.3 is 0 Å². The Morgan fingerprint density at radius 3 is 2.74 bits per heavy atom. The first-order valence-corrected chi connectivity index (χ1v) is 8.15. The predicted molar refractivity (Wildman–Crippen MR) is 96.0 cm³/mol. The maximum atomic E-state index is 12.2. The van der Waals surface area contributed by atoms with Gasteiger partial charge in [-0.15, -0.1) is 11.3 Å². The van der Waals surface area contributed by atoms with Crippen LogP contribution < -0.4 is 10.1 Å². The van der Waals surface area contributed by atoms with Gasteiger partial charge in [-0.2, -0.15) is 0 Å². The number of hydrogen-bond donors (Lipinski definition) is 1. The molecule has 3 rings (SSSR count). The highest BCUT2D eigenvalue weighted by molar-refractivity contribution is 7.19. The van der Waals surface area contributed by atoms with Gasteiger partial charge in [-0.25, -0.2) is 9.37 Å². The second-order valence-corrected chi connectivity index (χ2v) is 5.99. The summed E-state index contributed by atoms with van der Waals surface area (Å²) in [7, 11) is 1.90. The van der Waals surface area contributed by atoms with Crippen molar-refractivity contribution in [2.75, 3.05) is 25.6 Å². The van der Waals surface area contributed by atoms with Crippen molar-refractivity contribution in [1.29, 1.82) is 0 Å². The topological polar surface area (TPSA) is 34.2 Å². The van der Waals surface area contributed by atoms with Crippen molar-refractivity contribution in [2.24, 2.45) is 0 Å². The fourth-order valence-corrected chi connectivity index (χ4v) is 3.02. The minimum Gasteiger partial charge on any atom is -0.491 e. The monoisotopic (exact) mass is 328 g/mol. The summed E-state index contributed by atoms with van der Waals surface area (Å²) in [6.45, 7) is -0.416. The summed E-state index contributed by atoms with van der Waals surface area (Å²) < 4.78 is 18.5. The molecule has 1 N–H and O–H groups in total. The smallest absolute Gasteiger partial charge is 0.123 e. The number of ether oxygens (including phenoxy) is 1. The van der Waals surface area contributed by atoms with Gasteiger partial charge in [0.15, 0.2) is 0 Å². The van der Waals surface area contributed by atoms with Crippen molar-refractivity contribution >= 4 is 39.4 Å². The van der Waals surface area contributed by atoms with Crippen LogP contribution in [0.25, 0.3) is 22.4 Å². The zero-order valence-electron chi connectivity index (χ0n) is 12.8. The number of nitrogens with zero attached hydrogens (tertiary/aromatic N) is 1. The van der Waals surface area contributed by atoms with Crippen molar-refractivity contribution in [2.45, 2.75) is 0 Å². The van der Waals surface area contributed by atoms with Crippen LogP contribution in [0.5, 0.6) is 5.75 Å². The van der Waals surface area contributed by atoms with Crippen LogP contribution in [0.2, 0.25) is 0 Å². The number of aromatic nitrogens is 1. The quantitative estimate of drug-likeness (QED) is 0.702. The molecule has 0 radical (unpaired) electrons. The van der Waals surface area contributed by atoms with Crippen molar-refractivity contribution < 1.29 is 9.13 Å². The maximum Gasteiger partial charge on any atom is 0.123 e. The fourth-order valence-electron chi connectivity index (χ4n) is 2.17. The maximum absolute atomic E-state index is 12.2. The van der Waals surface area contributed by atoms with Gasteiger partial charge in [-0.3, -0.25) is 0 Å². The Morgan fingerprint density at radius 2 is 2.00 bits per heavy atom. The second-order valence-electron chi connectivity index (χ2n) is 4.92. The van der Waals surface area contributed by atoms with Crippen LogP contribution in [0, 0.1) is 0 Å². The number of benzene rings is 2. The van der Waals surface area contributed by atoms with Crippen LogP contribution >= 0.6 is 11.3 Å². The Labute approximate surface area is 138 Å². The first-order chi connectivity index (χ1) is 11.3. The fraction of sp³-hybridized carbons (Fsp3) is 0.167. The van der Waals surface area contributed by atoms with Gasteiger partial charge in [0, 0.05) is 18.8 Å². The summed E-state index contributed by atoms with van der Waals surface area (Å²) >= 11 is 1.62. The minimum atomic E-state index is -0.491. The Hall–Kier alpha value is -2.40. The van der Waals surface area contributed by atoms with Crippen LogP contribution in [-0.4, -0.2) is 25.3 Å². The average Bonchev–Trinajstić information content (AvgIpc) is 3.00. The van der Waals surface area contributed by atoms with Crippen molar-refractivity contribution in [1.82, 2.24) is 4.98 Å². The number of halogens is 1. The molecule has 23 heavy (non-hydrogen) atoms. The lowest BCUT2D eigenvalue weighted by Gasteiger charge is -2.01. The summed E-state index contributed by atoms with van der Waals surface area (Å²) in [6.07, 6.45) is 4.04. The van der Waals surface area contributed by atoms with Gasteiger partial charge in [0.2, 0.25) is 0 Å². The molecule has 0 aliphatic heterocycles. The van der Waals surface area contributed by atoms with E-state index in [9.17, 15) is 4.39 Å². The van der Waals surface area contributed by atoms with Crippen molar-refractivity contribution in [3.8, 4) is 5.75 Å². The van der Waals surface area contributed by atoms with E-state index in [1.165, 1.54) is 0 Å². The Balaban J connectivity index is 1.77. The largest absolute Gasteiger partial charge is 0.491 e. The molecule has 0 saturated carbocycles. The van der Waals surface area contributed by atoms with E-state index >= 15 is 0 Å². The second kappa shape index (κ2) is 7.24. The molecule has 0 spiro atoms. The standard InChI is InChI=1S/C18H17FN2OS/c1-20-14-5-2-13(3-6-14)4-9-18-21-16-12-15(22-11-10-19)7-8-17(16)23-18/h2-9,12,20H,10-11H2,1H3/b9-4+. The van der Waals surface area contributed by atoms with E-state index in [0.29, 0.717) is 5.75 Å². The molecule has 0 fully saturated rings. The third kappa shape index (κ3) is 3.87. The number of fused-ring (bicyclic) bond motifs is 1. The van der Waals surface area contributed by atoms with Gasteiger partial charge < -0.3 is 10.1 Å². The summed E-state index contributed by atoms with van der Waals surface area (Å²) in [5.41, 5.74) is 3.08. The summed E-state index contributed by atoms with van der Waals surface area (Å²) in [5.74, 6) is 0.652. The highest BCUT2D eigenvalue weighted by Gasteiger charge is 2.03. The summed E-state index contributed by atoms with van der Waals surface area (Å²) in [5, 5.41) is 4.03. The van der Waals surface area contributed by atoms with Gasteiger partial charge in [0.1, 0.15) is 24.0 Å². The molecule has 0 atom stereocenters. The van der Waals surface area contributed by atoms with E-state index in [-0.39, 0.29) is 6.61 Å². The average molecular weight is 328 g/mol. The van der Waals surface area contributed by atoms with Gasteiger partial charge in [0.05, 0.1) is 10.2 Å². The van der Waals surface area contributed by atoms with Crippen LogP contribution in [0.3, 0.4) is 0 Å². The molecule has 1 aromatic heterocycles. The highest BCUT2D eigenvalue weighted by atomic mass is 32.1. The lowest BCUT2D eigenvalue weighted by Crippen LogP contribution is -1.97. The molecule has 0 bridgehead atoms. The van der Waals surface area contributed by atoms with E-state index < -0.39 is 6.67 Å². The van der Waals surface area contributed by atoms with Crippen LogP contribution in [0.4, 0.5) is 10.1 Å². The molecule has 5 heteroatoms. The first kappa shape index (κ1) is 15.5. The third-order valence-electron chi connectivity index (χ3n) is 3.34. The first-order valence-electron chi connectivity index (χ1n) is 7.34.